The molecule has 0 unspecified atom stereocenters. The molecule has 1 fully saturated rings. The average Bonchev–Trinajstić information content (AvgIpc) is 2.80. The molecule has 0 aromatic carbocycles. The van der Waals surface area contributed by atoms with Crippen molar-refractivity contribution < 1.29 is 14.4 Å². The highest BCUT2D eigenvalue weighted by Gasteiger charge is 2.30. The van der Waals surface area contributed by atoms with Crippen molar-refractivity contribution in [3.05, 3.63) is 11.8 Å². The third-order valence-electron chi connectivity index (χ3n) is 2.33. The summed E-state index contributed by atoms with van der Waals surface area (Å²) in [5.74, 6) is -0.406. The van der Waals surface area contributed by atoms with Crippen LogP contribution in [-0.2, 0) is 9.59 Å². The predicted octanol–water partition coefficient (Wildman–Crippen LogP) is -0.792. The van der Waals surface area contributed by atoms with Crippen molar-refractivity contribution in [1.29, 1.82) is 0 Å². The molecule has 2 heterocycles. The summed E-state index contributed by atoms with van der Waals surface area (Å²) in [6.45, 7) is 1.41. The van der Waals surface area contributed by atoms with Crippen LogP contribution in [0, 0.1) is 6.92 Å². The molecule has 17 heavy (non-hydrogen) atoms. The van der Waals surface area contributed by atoms with E-state index in [-0.39, 0.29) is 13.1 Å². The van der Waals surface area contributed by atoms with Gasteiger partial charge in [0.15, 0.2) is 0 Å². The Morgan fingerprint density at radius 3 is 2.88 bits per heavy atom. The number of anilines is 1. The van der Waals surface area contributed by atoms with E-state index < -0.39 is 17.8 Å². The van der Waals surface area contributed by atoms with Crippen molar-refractivity contribution in [2.24, 2.45) is 0 Å². The predicted molar refractivity (Wildman–Crippen MR) is 57.1 cm³/mol. The van der Waals surface area contributed by atoms with E-state index in [0.29, 0.717) is 5.82 Å². The summed E-state index contributed by atoms with van der Waals surface area (Å²) in [6, 6.07) is -0.550. The normalized spacial score (nSPS) is 15.0. The number of aryl methyl sites for hydroxylation is 1. The van der Waals surface area contributed by atoms with E-state index in [9.17, 15) is 14.4 Å². The second kappa shape index (κ2) is 4.24. The zero-order chi connectivity index (χ0) is 12.4. The Morgan fingerprint density at radius 2 is 2.35 bits per heavy atom. The van der Waals surface area contributed by atoms with Gasteiger partial charge in [0.2, 0.25) is 5.91 Å². The zero-order valence-electron chi connectivity index (χ0n) is 9.11. The van der Waals surface area contributed by atoms with Crippen LogP contribution in [0.3, 0.4) is 0 Å². The van der Waals surface area contributed by atoms with E-state index in [1.54, 1.807) is 13.1 Å². The molecule has 0 aliphatic carbocycles. The van der Waals surface area contributed by atoms with Crippen LogP contribution in [0.15, 0.2) is 6.20 Å². The van der Waals surface area contributed by atoms with Crippen LogP contribution >= 0.6 is 0 Å². The molecule has 8 nitrogen and oxygen atoms in total. The smallest absolute Gasteiger partial charge is 0.325 e. The van der Waals surface area contributed by atoms with E-state index >= 15 is 0 Å². The van der Waals surface area contributed by atoms with Gasteiger partial charge in [0.1, 0.15) is 12.4 Å². The lowest BCUT2D eigenvalue weighted by atomic mass is 10.3. The summed E-state index contributed by atoms with van der Waals surface area (Å²) in [7, 11) is 0. The molecule has 0 radical (unpaired) electrons. The Kier molecular flexibility index (Phi) is 2.77. The molecule has 1 aliphatic rings. The highest BCUT2D eigenvalue weighted by molar-refractivity contribution is 6.06. The van der Waals surface area contributed by atoms with Gasteiger partial charge < -0.3 is 10.6 Å². The number of H-pyrrole nitrogens is 1. The maximum Gasteiger partial charge on any atom is 0.325 e. The van der Waals surface area contributed by atoms with Crippen molar-refractivity contribution in [3.8, 4) is 0 Å². The van der Waals surface area contributed by atoms with Crippen molar-refractivity contribution in [2.75, 3.05) is 18.4 Å². The SMILES string of the molecule is Cc1cn[nH]c1NC(=O)CN1C(=O)CNC1=O. The summed E-state index contributed by atoms with van der Waals surface area (Å²) >= 11 is 0. The maximum absolute atomic E-state index is 11.6. The Balaban J connectivity index is 1.96. The Morgan fingerprint density at radius 1 is 1.59 bits per heavy atom. The minimum absolute atomic E-state index is 0.0603. The van der Waals surface area contributed by atoms with Gasteiger partial charge in [-0.05, 0) is 6.92 Å². The van der Waals surface area contributed by atoms with Crippen LogP contribution in [0.1, 0.15) is 5.56 Å². The minimum Gasteiger partial charge on any atom is -0.329 e. The molecule has 1 aromatic rings. The maximum atomic E-state index is 11.6. The topological polar surface area (TPSA) is 107 Å². The molecule has 1 saturated heterocycles. The number of aromatic amines is 1. The molecule has 4 amide bonds. The number of aromatic nitrogens is 2. The Hall–Kier alpha value is -2.38. The number of imide groups is 1. The highest BCUT2D eigenvalue weighted by atomic mass is 16.2. The van der Waals surface area contributed by atoms with Crippen molar-refractivity contribution in [1.82, 2.24) is 20.4 Å². The van der Waals surface area contributed by atoms with Gasteiger partial charge in [0, 0.05) is 5.56 Å². The molecule has 0 atom stereocenters. The van der Waals surface area contributed by atoms with E-state index in [2.05, 4.69) is 20.8 Å². The fraction of sp³-hybridized carbons (Fsp3) is 0.333. The molecule has 1 aromatic heterocycles. The van der Waals surface area contributed by atoms with Crippen LogP contribution in [0.5, 0.6) is 0 Å². The number of nitrogens with zero attached hydrogens (tertiary/aromatic N) is 2. The molecular formula is C9H11N5O3. The molecule has 1 aliphatic heterocycles. The summed E-state index contributed by atoms with van der Waals surface area (Å²) in [6.07, 6.45) is 1.56. The number of rotatable bonds is 3. The van der Waals surface area contributed by atoms with Gasteiger partial charge in [-0.2, -0.15) is 5.10 Å². The second-order valence-corrected chi connectivity index (χ2v) is 3.61. The lowest BCUT2D eigenvalue weighted by molar-refractivity contribution is -0.128. The molecule has 0 spiro atoms. The molecular weight excluding hydrogens is 226 g/mol. The van der Waals surface area contributed by atoms with Gasteiger partial charge in [-0.3, -0.25) is 19.6 Å². The number of hydrogen-bond acceptors (Lipinski definition) is 4. The first kappa shape index (κ1) is 11.1. The van der Waals surface area contributed by atoms with Gasteiger partial charge in [0.05, 0.1) is 12.7 Å². The van der Waals surface area contributed by atoms with Gasteiger partial charge in [-0.25, -0.2) is 4.79 Å². The Bertz CT molecular complexity index is 465. The lowest BCUT2D eigenvalue weighted by Gasteiger charge is -2.11. The summed E-state index contributed by atoms with van der Waals surface area (Å²) in [5, 5.41) is 11.2. The Labute approximate surface area is 96.4 Å². The van der Waals surface area contributed by atoms with Crippen molar-refractivity contribution in [3.63, 3.8) is 0 Å². The van der Waals surface area contributed by atoms with E-state index in [1.807, 2.05) is 0 Å². The van der Waals surface area contributed by atoms with Crippen LogP contribution in [0.25, 0.3) is 0 Å². The first-order valence-corrected chi connectivity index (χ1v) is 4.96. The van der Waals surface area contributed by atoms with Gasteiger partial charge in [-0.1, -0.05) is 0 Å². The zero-order valence-corrected chi connectivity index (χ0v) is 9.11. The molecule has 0 bridgehead atoms. The van der Waals surface area contributed by atoms with Crippen LogP contribution in [0.2, 0.25) is 0 Å². The summed E-state index contributed by atoms with van der Waals surface area (Å²) in [5.41, 5.74) is 0.774. The third kappa shape index (κ3) is 2.25. The molecule has 3 N–H and O–H groups in total. The number of hydrogen-bond donors (Lipinski definition) is 3. The van der Waals surface area contributed by atoms with Crippen LogP contribution in [-0.4, -0.2) is 46.0 Å². The highest BCUT2D eigenvalue weighted by Crippen LogP contribution is 2.08. The standard InChI is InChI=1S/C9H11N5O3/c1-5-2-11-13-8(5)12-6(15)4-14-7(16)3-10-9(14)17/h2H,3-4H2,1H3,(H,10,17)(H2,11,12,13,15). The number of nitrogens with one attached hydrogen (secondary N) is 3. The molecule has 0 saturated carbocycles. The molecule has 8 heteroatoms. The lowest BCUT2D eigenvalue weighted by Crippen LogP contribution is -2.38. The number of amides is 4. The fourth-order valence-corrected chi connectivity index (χ4v) is 1.41. The number of urea groups is 1. The minimum atomic E-state index is -0.550. The van der Waals surface area contributed by atoms with Crippen molar-refractivity contribution in [2.45, 2.75) is 6.92 Å². The van der Waals surface area contributed by atoms with Gasteiger partial charge >= 0.3 is 6.03 Å². The van der Waals surface area contributed by atoms with E-state index in [4.69, 9.17) is 0 Å². The summed E-state index contributed by atoms with van der Waals surface area (Å²) < 4.78 is 0. The first-order valence-electron chi connectivity index (χ1n) is 4.96. The third-order valence-corrected chi connectivity index (χ3v) is 2.33. The summed E-state index contributed by atoms with van der Waals surface area (Å²) in [4.78, 5) is 34.9. The van der Waals surface area contributed by atoms with Gasteiger partial charge in [-0.15, -0.1) is 0 Å². The van der Waals surface area contributed by atoms with E-state index in [0.717, 1.165) is 10.5 Å². The number of carbonyl (C=O) groups excluding carboxylic acids is 3. The first-order chi connectivity index (χ1) is 8.08. The quantitative estimate of drug-likeness (QED) is 0.598. The fourth-order valence-electron chi connectivity index (χ4n) is 1.41. The van der Waals surface area contributed by atoms with Crippen LogP contribution < -0.4 is 10.6 Å². The van der Waals surface area contributed by atoms with Crippen molar-refractivity contribution >= 4 is 23.7 Å². The molecule has 2 rings (SSSR count). The van der Waals surface area contributed by atoms with E-state index in [1.165, 1.54) is 0 Å². The number of carbonyl (C=O) groups is 3. The molecule has 90 valence electrons. The van der Waals surface area contributed by atoms with Crippen LogP contribution in [0.4, 0.5) is 10.6 Å². The second-order valence-electron chi connectivity index (χ2n) is 3.61. The van der Waals surface area contributed by atoms with Gasteiger partial charge in [0.25, 0.3) is 5.91 Å². The average molecular weight is 237 g/mol. The monoisotopic (exact) mass is 237 g/mol. The largest absolute Gasteiger partial charge is 0.329 e.